The molecule has 13 heavy (non-hydrogen) atoms. The van der Waals surface area contributed by atoms with Crippen molar-refractivity contribution in [3.05, 3.63) is 29.8 Å². The SMILES string of the molecule is COc1ccc(-c2nncs2)cc1. The van der Waals surface area contributed by atoms with Crippen molar-refractivity contribution in [2.24, 2.45) is 0 Å². The van der Waals surface area contributed by atoms with E-state index in [-0.39, 0.29) is 0 Å². The lowest BCUT2D eigenvalue weighted by molar-refractivity contribution is 0.415. The van der Waals surface area contributed by atoms with E-state index in [1.807, 2.05) is 24.3 Å². The zero-order valence-electron chi connectivity index (χ0n) is 7.10. The van der Waals surface area contributed by atoms with Gasteiger partial charge in [0.05, 0.1) is 7.11 Å². The van der Waals surface area contributed by atoms with Gasteiger partial charge in [0, 0.05) is 5.56 Å². The Hall–Kier alpha value is -1.42. The van der Waals surface area contributed by atoms with Gasteiger partial charge < -0.3 is 4.74 Å². The first-order valence-corrected chi connectivity index (χ1v) is 4.69. The van der Waals surface area contributed by atoms with Crippen LogP contribution >= 0.6 is 11.3 Å². The lowest BCUT2D eigenvalue weighted by Crippen LogP contribution is -1.82. The number of nitrogens with zero attached hydrogens (tertiary/aromatic N) is 2. The molecule has 0 saturated carbocycles. The molecule has 0 aliphatic carbocycles. The average molecular weight is 192 g/mol. The van der Waals surface area contributed by atoms with Crippen LogP contribution in [-0.4, -0.2) is 17.3 Å². The van der Waals surface area contributed by atoms with Crippen LogP contribution < -0.4 is 4.74 Å². The van der Waals surface area contributed by atoms with Gasteiger partial charge >= 0.3 is 0 Å². The first kappa shape index (κ1) is 8.19. The summed E-state index contributed by atoms with van der Waals surface area (Å²) >= 11 is 1.53. The summed E-state index contributed by atoms with van der Waals surface area (Å²) in [7, 11) is 1.65. The highest BCUT2D eigenvalue weighted by Crippen LogP contribution is 2.22. The van der Waals surface area contributed by atoms with Crippen LogP contribution in [0.15, 0.2) is 29.8 Å². The van der Waals surface area contributed by atoms with E-state index in [9.17, 15) is 0 Å². The third-order valence-corrected chi connectivity index (χ3v) is 2.44. The summed E-state index contributed by atoms with van der Waals surface area (Å²) in [4.78, 5) is 0. The molecule has 1 heterocycles. The van der Waals surface area contributed by atoms with Crippen molar-refractivity contribution >= 4 is 11.3 Å². The minimum Gasteiger partial charge on any atom is -0.497 e. The Bertz CT molecular complexity index is 369. The van der Waals surface area contributed by atoms with Crippen LogP contribution in [0, 0.1) is 0 Å². The largest absolute Gasteiger partial charge is 0.497 e. The highest BCUT2D eigenvalue weighted by Gasteiger charge is 2.00. The Kier molecular flexibility index (Phi) is 2.23. The molecule has 0 bridgehead atoms. The van der Waals surface area contributed by atoms with Crippen molar-refractivity contribution in [1.29, 1.82) is 0 Å². The Labute approximate surface area is 80.0 Å². The third kappa shape index (κ3) is 1.67. The molecule has 0 radical (unpaired) electrons. The Balaban J connectivity index is 2.33. The second kappa shape index (κ2) is 3.53. The standard InChI is InChI=1S/C9H8N2OS/c1-12-8-4-2-7(3-5-8)9-11-10-6-13-9/h2-6H,1H3. The van der Waals surface area contributed by atoms with Gasteiger partial charge in [-0.05, 0) is 24.3 Å². The van der Waals surface area contributed by atoms with Crippen molar-refractivity contribution in [2.75, 3.05) is 7.11 Å². The highest BCUT2D eigenvalue weighted by atomic mass is 32.1. The molecule has 0 aliphatic heterocycles. The predicted octanol–water partition coefficient (Wildman–Crippen LogP) is 2.21. The van der Waals surface area contributed by atoms with Gasteiger partial charge in [0.1, 0.15) is 16.3 Å². The lowest BCUT2D eigenvalue weighted by Gasteiger charge is -1.99. The van der Waals surface area contributed by atoms with E-state index in [0.29, 0.717) is 0 Å². The van der Waals surface area contributed by atoms with Crippen molar-refractivity contribution in [3.8, 4) is 16.3 Å². The molecule has 0 N–H and O–H groups in total. The van der Waals surface area contributed by atoms with E-state index in [4.69, 9.17) is 4.74 Å². The number of benzene rings is 1. The van der Waals surface area contributed by atoms with Gasteiger partial charge in [-0.15, -0.1) is 10.2 Å². The van der Waals surface area contributed by atoms with Gasteiger partial charge in [-0.25, -0.2) is 0 Å². The molecule has 66 valence electrons. The molecule has 1 aromatic heterocycles. The van der Waals surface area contributed by atoms with Crippen molar-refractivity contribution < 1.29 is 4.74 Å². The van der Waals surface area contributed by atoms with E-state index in [1.165, 1.54) is 11.3 Å². The number of ether oxygens (including phenoxy) is 1. The highest BCUT2D eigenvalue weighted by molar-refractivity contribution is 7.12. The number of hydrogen-bond donors (Lipinski definition) is 0. The second-order valence-electron chi connectivity index (χ2n) is 2.47. The smallest absolute Gasteiger partial charge is 0.147 e. The minimum absolute atomic E-state index is 0.855. The maximum atomic E-state index is 5.05. The molecule has 3 nitrogen and oxygen atoms in total. The fourth-order valence-corrected chi connectivity index (χ4v) is 1.59. The Morgan fingerprint density at radius 3 is 2.54 bits per heavy atom. The molecule has 2 aromatic rings. The van der Waals surface area contributed by atoms with Crippen LogP contribution in [0.2, 0.25) is 0 Å². The lowest BCUT2D eigenvalue weighted by atomic mass is 10.2. The molecular weight excluding hydrogens is 184 g/mol. The topological polar surface area (TPSA) is 35.0 Å². The predicted molar refractivity (Wildman–Crippen MR) is 51.9 cm³/mol. The molecule has 0 amide bonds. The molecule has 0 atom stereocenters. The maximum absolute atomic E-state index is 5.05. The van der Waals surface area contributed by atoms with E-state index in [2.05, 4.69) is 10.2 Å². The Morgan fingerprint density at radius 1 is 1.23 bits per heavy atom. The molecule has 1 aromatic carbocycles. The van der Waals surface area contributed by atoms with Crippen LogP contribution in [0.4, 0.5) is 0 Å². The van der Waals surface area contributed by atoms with Crippen molar-refractivity contribution in [2.45, 2.75) is 0 Å². The number of rotatable bonds is 2. The van der Waals surface area contributed by atoms with E-state index >= 15 is 0 Å². The maximum Gasteiger partial charge on any atom is 0.147 e. The fourth-order valence-electron chi connectivity index (χ4n) is 1.03. The number of aromatic nitrogens is 2. The molecule has 0 aliphatic rings. The fraction of sp³-hybridized carbons (Fsp3) is 0.111. The van der Waals surface area contributed by atoms with Crippen LogP contribution in [0.3, 0.4) is 0 Å². The third-order valence-electron chi connectivity index (χ3n) is 1.70. The quantitative estimate of drug-likeness (QED) is 0.731. The van der Waals surface area contributed by atoms with Crippen LogP contribution in [0.5, 0.6) is 5.75 Å². The van der Waals surface area contributed by atoms with Crippen LogP contribution in [0.1, 0.15) is 0 Å². The van der Waals surface area contributed by atoms with Gasteiger partial charge in [-0.2, -0.15) is 0 Å². The summed E-state index contributed by atoms with van der Waals surface area (Å²) in [6, 6.07) is 7.77. The van der Waals surface area contributed by atoms with E-state index in [1.54, 1.807) is 12.6 Å². The molecule has 0 unspecified atom stereocenters. The molecule has 4 heteroatoms. The summed E-state index contributed by atoms with van der Waals surface area (Å²) in [6.07, 6.45) is 0. The summed E-state index contributed by atoms with van der Waals surface area (Å²) in [6.45, 7) is 0. The van der Waals surface area contributed by atoms with Gasteiger partial charge in [0.2, 0.25) is 0 Å². The zero-order chi connectivity index (χ0) is 9.10. The summed E-state index contributed by atoms with van der Waals surface area (Å²) in [5, 5.41) is 8.68. The van der Waals surface area contributed by atoms with Crippen LogP contribution in [-0.2, 0) is 0 Å². The normalized spacial score (nSPS) is 9.92. The van der Waals surface area contributed by atoms with Gasteiger partial charge in [0.15, 0.2) is 0 Å². The average Bonchev–Trinajstić information content (AvgIpc) is 2.71. The molecular formula is C9H8N2OS. The summed E-state index contributed by atoms with van der Waals surface area (Å²) < 4.78 is 5.05. The van der Waals surface area contributed by atoms with Crippen LogP contribution in [0.25, 0.3) is 10.6 Å². The van der Waals surface area contributed by atoms with Gasteiger partial charge in [-0.1, -0.05) is 11.3 Å². The molecule has 2 rings (SSSR count). The van der Waals surface area contributed by atoms with E-state index in [0.717, 1.165) is 16.3 Å². The van der Waals surface area contributed by atoms with E-state index < -0.39 is 0 Å². The number of methoxy groups -OCH3 is 1. The Morgan fingerprint density at radius 2 is 2.00 bits per heavy atom. The molecule has 0 fully saturated rings. The van der Waals surface area contributed by atoms with Gasteiger partial charge in [0.25, 0.3) is 0 Å². The van der Waals surface area contributed by atoms with Crippen molar-refractivity contribution in [1.82, 2.24) is 10.2 Å². The second-order valence-corrected chi connectivity index (χ2v) is 3.31. The monoisotopic (exact) mass is 192 g/mol. The van der Waals surface area contributed by atoms with Gasteiger partial charge in [-0.3, -0.25) is 0 Å². The summed E-state index contributed by atoms with van der Waals surface area (Å²) in [5.74, 6) is 0.855. The van der Waals surface area contributed by atoms with Crippen molar-refractivity contribution in [3.63, 3.8) is 0 Å². The number of hydrogen-bond acceptors (Lipinski definition) is 4. The first-order valence-electron chi connectivity index (χ1n) is 3.81. The molecule has 0 spiro atoms. The summed E-state index contributed by atoms with van der Waals surface area (Å²) in [5.41, 5.74) is 2.79. The zero-order valence-corrected chi connectivity index (χ0v) is 7.91. The minimum atomic E-state index is 0.855. The first-order chi connectivity index (χ1) is 6.40. The molecule has 0 saturated heterocycles.